The van der Waals surface area contributed by atoms with Gasteiger partial charge in [-0.2, -0.15) is 5.10 Å². The lowest BCUT2D eigenvalue weighted by Gasteiger charge is -2.09. The molecule has 1 rings (SSSR count). The number of hydrogen-bond acceptors (Lipinski definition) is 3. The summed E-state index contributed by atoms with van der Waals surface area (Å²) in [6, 6.07) is 0.216. The van der Waals surface area contributed by atoms with Crippen molar-refractivity contribution >= 4 is 5.69 Å². The Morgan fingerprint density at radius 2 is 2.38 bits per heavy atom. The summed E-state index contributed by atoms with van der Waals surface area (Å²) in [5.74, 6) is 0. The molecule has 0 aliphatic rings. The summed E-state index contributed by atoms with van der Waals surface area (Å²) in [5.41, 5.74) is 0.722. The predicted octanol–water partition coefficient (Wildman–Crippen LogP) is 2.07. The Bertz CT molecular complexity index is 319. The highest BCUT2D eigenvalue weighted by molar-refractivity contribution is 5.31. The van der Waals surface area contributed by atoms with Gasteiger partial charge in [0, 0.05) is 6.04 Å². The molecule has 72 valence electrons. The van der Waals surface area contributed by atoms with Crippen LogP contribution in [0.15, 0.2) is 6.20 Å². The summed E-state index contributed by atoms with van der Waals surface area (Å²) in [4.78, 5) is 10.1. The standard InChI is InChI=1S/C8H13N3O2/c1-4-6(2)10-7(3)8(5-9-10)11(12)13/h5-6H,4H2,1-3H3/t6-/m1/s1. The second-order valence-electron chi connectivity index (χ2n) is 3.07. The van der Waals surface area contributed by atoms with Crippen molar-refractivity contribution in [2.45, 2.75) is 33.2 Å². The van der Waals surface area contributed by atoms with Crippen molar-refractivity contribution in [1.82, 2.24) is 9.78 Å². The molecule has 0 aliphatic carbocycles. The number of nitrogens with zero attached hydrogens (tertiary/aromatic N) is 3. The maximum Gasteiger partial charge on any atom is 0.309 e. The Balaban J connectivity index is 3.06. The van der Waals surface area contributed by atoms with E-state index in [1.165, 1.54) is 6.20 Å². The van der Waals surface area contributed by atoms with E-state index in [0.29, 0.717) is 5.69 Å². The molecule has 5 nitrogen and oxygen atoms in total. The number of rotatable bonds is 3. The van der Waals surface area contributed by atoms with Gasteiger partial charge < -0.3 is 0 Å². The van der Waals surface area contributed by atoms with Crippen molar-refractivity contribution in [2.24, 2.45) is 0 Å². The lowest BCUT2D eigenvalue weighted by Crippen LogP contribution is -2.07. The molecule has 1 aromatic rings. The van der Waals surface area contributed by atoms with Crippen LogP contribution in [0.2, 0.25) is 0 Å². The van der Waals surface area contributed by atoms with Gasteiger partial charge in [-0.3, -0.25) is 14.8 Å². The lowest BCUT2D eigenvalue weighted by molar-refractivity contribution is -0.385. The van der Waals surface area contributed by atoms with Crippen LogP contribution in [0.1, 0.15) is 32.0 Å². The van der Waals surface area contributed by atoms with Gasteiger partial charge in [0.05, 0.1) is 4.92 Å². The Morgan fingerprint density at radius 3 is 2.77 bits per heavy atom. The average molecular weight is 183 g/mol. The second-order valence-corrected chi connectivity index (χ2v) is 3.07. The molecular formula is C8H13N3O2. The normalized spacial score (nSPS) is 12.8. The first kappa shape index (κ1) is 9.70. The summed E-state index contributed by atoms with van der Waals surface area (Å²) in [7, 11) is 0. The molecule has 0 radical (unpaired) electrons. The molecule has 1 atom stereocenters. The van der Waals surface area contributed by atoms with E-state index in [9.17, 15) is 10.1 Å². The fourth-order valence-corrected chi connectivity index (χ4v) is 1.21. The summed E-state index contributed by atoms with van der Waals surface area (Å²) in [6.45, 7) is 5.73. The number of hydrogen-bond donors (Lipinski definition) is 0. The molecule has 0 saturated carbocycles. The van der Waals surface area contributed by atoms with Gasteiger partial charge in [0.15, 0.2) is 0 Å². The van der Waals surface area contributed by atoms with Gasteiger partial charge >= 0.3 is 5.69 Å². The van der Waals surface area contributed by atoms with Crippen LogP contribution < -0.4 is 0 Å². The summed E-state index contributed by atoms with van der Waals surface area (Å²) in [5, 5.41) is 14.5. The average Bonchev–Trinajstić information content (AvgIpc) is 2.46. The predicted molar refractivity (Wildman–Crippen MR) is 48.6 cm³/mol. The third kappa shape index (κ3) is 1.68. The molecule has 1 aromatic heterocycles. The van der Waals surface area contributed by atoms with Gasteiger partial charge in [-0.05, 0) is 20.3 Å². The molecule has 0 N–H and O–H groups in total. The van der Waals surface area contributed by atoms with Crippen LogP contribution >= 0.6 is 0 Å². The minimum atomic E-state index is -0.402. The summed E-state index contributed by atoms with van der Waals surface area (Å²) in [6.07, 6.45) is 2.22. The highest BCUT2D eigenvalue weighted by atomic mass is 16.6. The molecular weight excluding hydrogens is 170 g/mol. The van der Waals surface area contributed by atoms with Gasteiger partial charge in [0.1, 0.15) is 11.9 Å². The smallest absolute Gasteiger partial charge is 0.260 e. The minimum Gasteiger partial charge on any atom is -0.260 e. The molecule has 0 aliphatic heterocycles. The Hall–Kier alpha value is -1.39. The molecule has 0 bridgehead atoms. The third-order valence-electron chi connectivity index (χ3n) is 2.22. The molecule has 1 heterocycles. The van der Waals surface area contributed by atoms with Crippen molar-refractivity contribution in [3.63, 3.8) is 0 Å². The van der Waals surface area contributed by atoms with Crippen LogP contribution in [-0.4, -0.2) is 14.7 Å². The molecule has 0 unspecified atom stereocenters. The zero-order chi connectivity index (χ0) is 10.0. The van der Waals surface area contributed by atoms with Crippen LogP contribution in [0.5, 0.6) is 0 Å². The van der Waals surface area contributed by atoms with Crippen molar-refractivity contribution in [3.8, 4) is 0 Å². The lowest BCUT2D eigenvalue weighted by atomic mass is 10.2. The molecule has 5 heteroatoms. The largest absolute Gasteiger partial charge is 0.309 e. The number of nitro groups is 1. The fraction of sp³-hybridized carbons (Fsp3) is 0.625. The van der Waals surface area contributed by atoms with Gasteiger partial charge in [0.2, 0.25) is 0 Å². The highest BCUT2D eigenvalue weighted by Gasteiger charge is 2.18. The van der Waals surface area contributed by atoms with E-state index >= 15 is 0 Å². The monoisotopic (exact) mass is 183 g/mol. The Morgan fingerprint density at radius 1 is 1.77 bits per heavy atom. The quantitative estimate of drug-likeness (QED) is 0.532. The molecule has 0 spiro atoms. The van der Waals surface area contributed by atoms with Crippen LogP contribution in [0.25, 0.3) is 0 Å². The van der Waals surface area contributed by atoms with Gasteiger partial charge in [-0.15, -0.1) is 0 Å². The van der Waals surface area contributed by atoms with E-state index in [1.807, 2.05) is 13.8 Å². The Labute approximate surface area is 76.5 Å². The van der Waals surface area contributed by atoms with Crippen LogP contribution in [0.4, 0.5) is 5.69 Å². The Kier molecular flexibility index (Phi) is 2.65. The van der Waals surface area contributed by atoms with Gasteiger partial charge in [-0.1, -0.05) is 6.92 Å². The third-order valence-corrected chi connectivity index (χ3v) is 2.22. The zero-order valence-corrected chi connectivity index (χ0v) is 8.02. The maximum absolute atomic E-state index is 10.5. The number of aromatic nitrogens is 2. The van der Waals surface area contributed by atoms with E-state index in [4.69, 9.17) is 0 Å². The van der Waals surface area contributed by atoms with Crippen LogP contribution in [0, 0.1) is 17.0 Å². The first-order chi connectivity index (χ1) is 6.07. The first-order valence-electron chi connectivity index (χ1n) is 4.26. The molecule has 0 fully saturated rings. The molecule has 13 heavy (non-hydrogen) atoms. The van der Waals surface area contributed by atoms with Crippen molar-refractivity contribution in [3.05, 3.63) is 22.0 Å². The summed E-state index contributed by atoms with van der Waals surface area (Å²) >= 11 is 0. The molecule has 0 saturated heterocycles. The maximum atomic E-state index is 10.5. The van der Waals surface area contributed by atoms with Gasteiger partial charge in [0.25, 0.3) is 0 Å². The van der Waals surface area contributed by atoms with Crippen molar-refractivity contribution < 1.29 is 4.92 Å². The zero-order valence-electron chi connectivity index (χ0n) is 8.02. The van der Waals surface area contributed by atoms with E-state index in [1.54, 1.807) is 11.6 Å². The second kappa shape index (κ2) is 3.55. The highest BCUT2D eigenvalue weighted by Crippen LogP contribution is 2.20. The van der Waals surface area contributed by atoms with Crippen molar-refractivity contribution in [1.29, 1.82) is 0 Å². The van der Waals surface area contributed by atoms with E-state index in [0.717, 1.165) is 6.42 Å². The van der Waals surface area contributed by atoms with E-state index in [2.05, 4.69) is 5.10 Å². The van der Waals surface area contributed by atoms with Crippen molar-refractivity contribution in [2.75, 3.05) is 0 Å². The van der Waals surface area contributed by atoms with Crippen LogP contribution in [0.3, 0.4) is 0 Å². The topological polar surface area (TPSA) is 61.0 Å². The van der Waals surface area contributed by atoms with E-state index < -0.39 is 4.92 Å². The minimum absolute atomic E-state index is 0.0975. The van der Waals surface area contributed by atoms with E-state index in [-0.39, 0.29) is 11.7 Å². The molecule has 0 aromatic carbocycles. The fourth-order valence-electron chi connectivity index (χ4n) is 1.21. The molecule has 0 amide bonds. The van der Waals surface area contributed by atoms with Gasteiger partial charge in [-0.25, -0.2) is 0 Å². The first-order valence-corrected chi connectivity index (χ1v) is 4.26. The van der Waals surface area contributed by atoms with Crippen LogP contribution in [-0.2, 0) is 0 Å². The SMILES string of the molecule is CC[C@@H](C)n1ncc([N+](=O)[O-])c1C. The summed E-state index contributed by atoms with van der Waals surface area (Å²) < 4.78 is 1.69.